The first-order chi connectivity index (χ1) is 10.9. The van der Waals surface area contributed by atoms with Gasteiger partial charge in [0.15, 0.2) is 6.61 Å². The van der Waals surface area contributed by atoms with Crippen LogP contribution >= 0.6 is 0 Å². The highest BCUT2D eigenvalue weighted by molar-refractivity contribution is 5.79. The van der Waals surface area contributed by atoms with E-state index < -0.39 is 11.9 Å². The minimum absolute atomic E-state index is 0.0517. The maximum Gasteiger partial charge on any atom is 0.308 e. The van der Waals surface area contributed by atoms with Gasteiger partial charge in [-0.3, -0.25) is 9.59 Å². The summed E-state index contributed by atoms with van der Waals surface area (Å²) in [4.78, 5) is 25.0. The Morgan fingerprint density at radius 1 is 1.22 bits per heavy atom. The number of rotatable bonds is 8. The molecule has 23 heavy (non-hydrogen) atoms. The predicted octanol–water partition coefficient (Wildman–Crippen LogP) is 2.90. The van der Waals surface area contributed by atoms with Crippen molar-refractivity contribution in [3.05, 3.63) is 29.8 Å². The molecule has 1 amide bonds. The molecule has 0 radical (unpaired) electrons. The van der Waals surface area contributed by atoms with Crippen LogP contribution in [-0.4, -0.2) is 41.1 Å². The van der Waals surface area contributed by atoms with Crippen molar-refractivity contribution in [1.82, 2.24) is 4.90 Å². The summed E-state index contributed by atoms with van der Waals surface area (Å²) >= 11 is 0. The van der Waals surface area contributed by atoms with Crippen LogP contribution in [0.1, 0.15) is 45.1 Å². The number of hydrogen-bond acceptors (Lipinski definition) is 3. The maximum atomic E-state index is 12.3. The molecule has 0 aromatic heterocycles. The first-order valence-electron chi connectivity index (χ1n) is 8.13. The summed E-state index contributed by atoms with van der Waals surface area (Å²) in [5, 5.41) is 9.02. The summed E-state index contributed by atoms with van der Waals surface area (Å²) in [6, 6.07) is 7.90. The number of benzene rings is 1. The highest BCUT2D eigenvalue weighted by Gasteiger charge is 2.34. The van der Waals surface area contributed by atoms with E-state index in [1.165, 1.54) is 5.56 Å². The number of amides is 1. The summed E-state index contributed by atoms with van der Waals surface area (Å²) in [7, 11) is 0. The van der Waals surface area contributed by atoms with Crippen molar-refractivity contribution in [3.8, 4) is 5.75 Å². The van der Waals surface area contributed by atoms with Crippen molar-refractivity contribution >= 4 is 11.9 Å². The van der Waals surface area contributed by atoms with E-state index in [0.717, 1.165) is 12.8 Å². The van der Waals surface area contributed by atoms with E-state index in [4.69, 9.17) is 9.84 Å². The standard InChI is InChI=1S/C18H25NO4/c1-12(2)14-4-8-16(9-5-14)23-11-17(20)19(15-6-7-15)10-13(3)18(21)22/h4-5,8-9,12-13,15H,6-7,10-11H2,1-3H3,(H,21,22). The number of hydrogen-bond donors (Lipinski definition) is 1. The average Bonchev–Trinajstić information content (AvgIpc) is 3.34. The summed E-state index contributed by atoms with van der Waals surface area (Å²) in [6.45, 7) is 6.06. The van der Waals surface area contributed by atoms with Gasteiger partial charge in [0.25, 0.3) is 5.91 Å². The normalized spacial score (nSPS) is 15.3. The van der Waals surface area contributed by atoms with E-state index in [1.807, 2.05) is 24.3 Å². The van der Waals surface area contributed by atoms with E-state index >= 15 is 0 Å². The third-order valence-corrected chi connectivity index (χ3v) is 4.11. The molecule has 2 rings (SSSR count). The van der Waals surface area contributed by atoms with Gasteiger partial charge in [-0.1, -0.05) is 32.9 Å². The summed E-state index contributed by atoms with van der Waals surface area (Å²) in [5.41, 5.74) is 1.22. The molecular weight excluding hydrogens is 294 g/mol. The van der Waals surface area contributed by atoms with Crippen molar-refractivity contribution in [2.45, 2.75) is 45.6 Å². The number of carbonyl (C=O) groups is 2. The quantitative estimate of drug-likeness (QED) is 0.800. The van der Waals surface area contributed by atoms with E-state index in [0.29, 0.717) is 11.7 Å². The van der Waals surface area contributed by atoms with Gasteiger partial charge in [-0.05, 0) is 36.5 Å². The number of nitrogens with zero attached hydrogens (tertiary/aromatic N) is 1. The molecule has 1 N–H and O–H groups in total. The molecule has 1 saturated carbocycles. The second-order valence-electron chi connectivity index (χ2n) is 6.53. The smallest absolute Gasteiger partial charge is 0.308 e. The van der Waals surface area contributed by atoms with E-state index in [-0.39, 0.29) is 25.1 Å². The molecule has 1 aromatic rings. The first-order valence-corrected chi connectivity index (χ1v) is 8.13. The Hall–Kier alpha value is -2.04. The molecule has 1 atom stereocenters. The molecule has 1 unspecified atom stereocenters. The third-order valence-electron chi connectivity index (χ3n) is 4.11. The lowest BCUT2D eigenvalue weighted by Crippen LogP contribution is -2.41. The van der Waals surface area contributed by atoms with Crippen LogP contribution in [0.4, 0.5) is 0 Å². The van der Waals surface area contributed by atoms with Crippen molar-refractivity contribution in [2.75, 3.05) is 13.2 Å². The van der Waals surface area contributed by atoms with Crippen LogP contribution < -0.4 is 4.74 Å². The zero-order chi connectivity index (χ0) is 17.0. The van der Waals surface area contributed by atoms with Crippen LogP contribution in [-0.2, 0) is 9.59 Å². The molecule has 0 aliphatic heterocycles. The van der Waals surface area contributed by atoms with Gasteiger partial charge in [-0.2, -0.15) is 0 Å². The Morgan fingerprint density at radius 3 is 2.30 bits per heavy atom. The molecule has 0 spiro atoms. The second-order valence-corrected chi connectivity index (χ2v) is 6.53. The van der Waals surface area contributed by atoms with Gasteiger partial charge in [0.05, 0.1) is 5.92 Å². The fraction of sp³-hybridized carbons (Fsp3) is 0.556. The Morgan fingerprint density at radius 2 is 1.83 bits per heavy atom. The number of carbonyl (C=O) groups excluding carboxylic acids is 1. The Labute approximate surface area is 137 Å². The van der Waals surface area contributed by atoms with Crippen LogP contribution in [0.2, 0.25) is 0 Å². The number of carboxylic acids is 1. The highest BCUT2D eigenvalue weighted by atomic mass is 16.5. The Balaban J connectivity index is 1.90. The molecule has 1 aliphatic rings. The van der Waals surface area contributed by atoms with E-state index in [9.17, 15) is 9.59 Å². The molecule has 5 nitrogen and oxygen atoms in total. The molecule has 126 valence electrons. The minimum Gasteiger partial charge on any atom is -0.484 e. The van der Waals surface area contributed by atoms with Gasteiger partial charge in [-0.25, -0.2) is 0 Å². The van der Waals surface area contributed by atoms with Crippen LogP contribution in [0.15, 0.2) is 24.3 Å². The van der Waals surface area contributed by atoms with Gasteiger partial charge in [-0.15, -0.1) is 0 Å². The molecule has 0 heterocycles. The first kappa shape index (κ1) is 17.3. The Bertz CT molecular complexity index is 549. The lowest BCUT2D eigenvalue weighted by molar-refractivity contribution is -0.143. The Kier molecular flexibility index (Phi) is 5.64. The summed E-state index contributed by atoms with van der Waals surface area (Å²) in [6.07, 6.45) is 1.89. The molecule has 0 bridgehead atoms. The lowest BCUT2D eigenvalue weighted by atomic mass is 10.0. The fourth-order valence-corrected chi connectivity index (χ4v) is 2.39. The second kappa shape index (κ2) is 7.49. The zero-order valence-electron chi connectivity index (χ0n) is 14.0. The van der Waals surface area contributed by atoms with Crippen molar-refractivity contribution in [1.29, 1.82) is 0 Å². The molecule has 5 heteroatoms. The van der Waals surface area contributed by atoms with Crippen molar-refractivity contribution < 1.29 is 19.4 Å². The van der Waals surface area contributed by atoms with Crippen LogP contribution in [0.3, 0.4) is 0 Å². The van der Waals surface area contributed by atoms with Crippen molar-refractivity contribution in [3.63, 3.8) is 0 Å². The average molecular weight is 319 g/mol. The van der Waals surface area contributed by atoms with Gasteiger partial charge < -0.3 is 14.7 Å². The largest absolute Gasteiger partial charge is 0.484 e. The van der Waals surface area contributed by atoms with Crippen molar-refractivity contribution in [2.24, 2.45) is 5.92 Å². The van der Waals surface area contributed by atoms with Crippen LogP contribution in [0.25, 0.3) is 0 Å². The third kappa shape index (κ3) is 4.98. The summed E-state index contributed by atoms with van der Waals surface area (Å²) < 4.78 is 5.56. The number of aliphatic carboxylic acids is 1. The fourth-order valence-electron chi connectivity index (χ4n) is 2.39. The SMILES string of the molecule is CC(CN(C(=O)COc1ccc(C(C)C)cc1)C1CC1)C(=O)O. The lowest BCUT2D eigenvalue weighted by Gasteiger charge is -2.24. The zero-order valence-corrected chi connectivity index (χ0v) is 14.0. The maximum absolute atomic E-state index is 12.3. The monoisotopic (exact) mass is 319 g/mol. The molecular formula is C18H25NO4. The summed E-state index contributed by atoms with van der Waals surface area (Å²) in [5.74, 6) is -0.481. The topological polar surface area (TPSA) is 66.8 Å². The predicted molar refractivity (Wildman–Crippen MR) is 87.6 cm³/mol. The van der Waals surface area contributed by atoms with Gasteiger partial charge in [0.2, 0.25) is 0 Å². The molecule has 1 fully saturated rings. The number of ether oxygens (including phenoxy) is 1. The van der Waals surface area contributed by atoms with Gasteiger partial charge in [0, 0.05) is 12.6 Å². The highest BCUT2D eigenvalue weighted by Crippen LogP contribution is 2.28. The van der Waals surface area contributed by atoms with E-state index in [2.05, 4.69) is 13.8 Å². The molecule has 0 saturated heterocycles. The molecule has 1 aliphatic carbocycles. The minimum atomic E-state index is -0.881. The van der Waals surface area contributed by atoms with Crippen LogP contribution in [0, 0.1) is 5.92 Å². The van der Waals surface area contributed by atoms with Gasteiger partial charge in [0.1, 0.15) is 5.75 Å². The van der Waals surface area contributed by atoms with Gasteiger partial charge >= 0.3 is 5.97 Å². The molecule has 1 aromatic carbocycles. The van der Waals surface area contributed by atoms with E-state index in [1.54, 1.807) is 11.8 Å². The number of carboxylic acid groups (broad SMARTS) is 1. The van der Waals surface area contributed by atoms with Crippen LogP contribution in [0.5, 0.6) is 5.75 Å².